The molecular weight excluding hydrogens is 380 g/mol. The minimum atomic E-state index is -0.354. The molecule has 3 rings (SSSR count). The number of hydrogen-bond acceptors (Lipinski definition) is 6. The Labute approximate surface area is 167 Å². The van der Waals surface area contributed by atoms with Crippen molar-refractivity contribution in [1.82, 2.24) is 9.97 Å². The summed E-state index contributed by atoms with van der Waals surface area (Å²) in [5, 5.41) is 6.43. The lowest BCUT2D eigenvalue weighted by atomic mass is 10.2. The second kappa shape index (κ2) is 9.05. The van der Waals surface area contributed by atoms with Gasteiger partial charge < -0.3 is 20.1 Å². The third kappa shape index (κ3) is 4.89. The molecule has 0 fully saturated rings. The average molecular weight is 399 g/mol. The molecule has 1 heterocycles. The van der Waals surface area contributed by atoms with Crippen LogP contribution in [0.25, 0.3) is 0 Å². The van der Waals surface area contributed by atoms with Gasteiger partial charge in [0.05, 0.1) is 19.4 Å². The summed E-state index contributed by atoms with van der Waals surface area (Å²) in [7, 11) is 1.56. The van der Waals surface area contributed by atoms with Crippen LogP contribution in [0, 0.1) is 0 Å². The highest BCUT2D eigenvalue weighted by atomic mass is 35.5. The summed E-state index contributed by atoms with van der Waals surface area (Å²) in [6.45, 7) is 2.50. The third-order valence-electron chi connectivity index (χ3n) is 3.75. The number of ether oxygens (including phenoxy) is 2. The fraction of sp³-hybridized carbons (Fsp3) is 0.150. The van der Waals surface area contributed by atoms with Gasteiger partial charge in [0.25, 0.3) is 5.91 Å². The molecule has 0 aliphatic heterocycles. The van der Waals surface area contributed by atoms with E-state index in [-0.39, 0.29) is 11.6 Å². The molecule has 0 spiro atoms. The maximum absolute atomic E-state index is 12.5. The first-order valence-corrected chi connectivity index (χ1v) is 8.93. The van der Waals surface area contributed by atoms with Crippen LogP contribution in [0.15, 0.2) is 54.9 Å². The van der Waals surface area contributed by atoms with Crippen molar-refractivity contribution in [3.05, 3.63) is 65.6 Å². The van der Waals surface area contributed by atoms with Crippen LogP contribution in [0.2, 0.25) is 5.02 Å². The molecule has 0 bridgehead atoms. The zero-order chi connectivity index (χ0) is 19.9. The lowest BCUT2D eigenvalue weighted by Crippen LogP contribution is -2.14. The van der Waals surface area contributed by atoms with Gasteiger partial charge in [-0.25, -0.2) is 9.97 Å². The van der Waals surface area contributed by atoms with Crippen molar-refractivity contribution in [2.24, 2.45) is 0 Å². The van der Waals surface area contributed by atoms with Crippen LogP contribution >= 0.6 is 11.6 Å². The minimum absolute atomic E-state index is 0.215. The van der Waals surface area contributed by atoms with Crippen LogP contribution in [-0.2, 0) is 0 Å². The molecule has 2 N–H and O–H groups in total. The van der Waals surface area contributed by atoms with Crippen molar-refractivity contribution in [2.75, 3.05) is 24.4 Å². The lowest BCUT2D eigenvalue weighted by Gasteiger charge is -2.11. The number of rotatable bonds is 7. The van der Waals surface area contributed by atoms with E-state index >= 15 is 0 Å². The average Bonchev–Trinajstić information content (AvgIpc) is 2.70. The number of nitrogens with zero attached hydrogens (tertiary/aromatic N) is 2. The highest BCUT2D eigenvalue weighted by Gasteiger charge is 2.11. The fourth-order valence-corrected chi connectivity index (χ4v) is 2.63. The van der Waals surface area contributed by atoms with Crippen LogP contribution in [0.5, 0.6) is 11.5 Å². The number of nitrogens with one attached hydrogen (secondary N) is 2. The number of hydrogen-bond donors (Lipinski definition) is 2. The van der Waals surface area contributed by atoms with E-state index in [1.54, 1.807) is 55.6 Å². The molecule has 3 aromatic rings. The van der Waals surface area contributed by atoms with E-state index in [0.29, 0.717) is 34.6 Å². The predicted molar refractivity (Wildman–Crippen MR) is 109 cm³/mol. The molecule has 0 saturated heterocycles. The van der Waals surface area contributed by atoms with Gasteiger partial charge in [-0.05, 0) is 49.4 Å². The topological polar surface area (TPSA) is 85.4 Å². The zero-order valence-electron chi connectivity index (χ0n) is 15.4. The Hall–Kier alpha value is -3.32. The molecule has 0 unspecified atom stereocenters. The molecule has 28 heavy (non-hydrogen) atoms. The van der Waals surface area contributed by atoms with Crippen LogP contribution in [-0.4, -0.2) is 29.6 Å². The Bertz CT molecular complexity index is 964. The highest BCUT2D eigenvalue weighted by molar-refractivity contribution is 6.31. The standard InChI is InChI=1S/C20H19ClN4O3/c1-3-28-15-7-5-14(6-8-15)24-20(26)17-11-19(23-12-22-17)25-16-10-13(21)4-9-18(16)27-2/h4-12H,3H2,1-2H3,(H,24,26)(H,22,23,25). The number of aromatic nitrogens is 2. The van der Waals surface area contributed by atoms with Gasteiger partial charge in [0.2, 0.25) is 0 Å². The Balaban J connectivity index is 1.73. The molecule has 1 aromatic heterocycles. The van der Waals surface area contributed by atoms with Gasteiger partial charge in [-0.3, -0.25) is 4.79 Å². The summed E-state index contributed by atoms with van der Waals surface area (Å²) in [5.74, 6) is 1.42. The lowest BCUT2D eigenvalue weighted by molar-refractivity contribution is 0.102. The van der Waals surface area contributed by atoms with Crippen LogP contribution in [0.1, 0.15) is 17.4 Å². The molecule has 0 saturated carbocycles. The molecule has 7 nitrogen and oxygen atoms in total. The SMILES string of the molecule is CCOc1ccc(NC(=O)c2cc(Nc3cc(Cl)ccc3OC)ncn2)cc1. The molecule has 0 aliphatic rings. The number of halogens is 1. The Morgan fingerprint density at radius 2 is 1.89 bits per heavy atom. The quantitative estimate of drug-likeness (QED) is 0.608. The van der Waals surface area contributed by atoms with Gasteiger partial charge in [-0.1, -0.05) is 11.6 Å². The van der Waals surface area contributed by atoms with E-state index in [4.69, 9.17) is 21.1 Å². The van der Waals surface area contributed by atoms with Gasteiger partial charge in [0, 0.05) is 16.8 Å². The summed E-state index contributed by atoms with van der Waals surface area (Å²) in [4.78, 5) is 20.7. The fourth-order valence-electron chi connectivity index (χ4n) is 2.46. The zero-order valence-corrected chi connectivity index (χ0v) is 16.2. The second-order valence-electron chi connectivity index (χ2n) is 5.67. The monoisotopic (exact) mass is 398 g/mol. The number of methoxy groups -OCH3 is 1. The van der Waals surface area contributed by atoms with Gasteiger partial charge in [0.15, 0.2) is 0 Å². The number of carbonyl (C=O) groups excluding carboxylic acids is 1. The minimum Gasteiger partial charge on any atom is -0.495 e. The van der Waals surface area contributed by atoms with Crippen molar-refractivity contribution in [3.8, 4) is 11.5 Å². The summed E-state index contributed by atoms with van der Waals surface area (Å²) in [6.07, 6.45) is 1.31. The molecule has 8 heteroatoms. The van der Waals surface area contributed by atoms with Crippen molar-refractivity contribution in [1.29, 1.82) is 0 Å². The van der Waals surface area contributed by atoms with Crippen LogP contribution in [0.3, 0.4) is 0 Å². The number of amides is 1. The third-order valence-corrected chi connectivity index (χ3v) is 3.98. The summed E-state index contributed by atoms with van der Waals surface area (Å²) < 4.78 is 10.7. The van der Waals surface area contributed by atoms with E-state index in [1.165, 1.54) is 6.33 Å². The molecular formula is C20H19ClN4O3. The predicted octanol–water partition coefficient (Wildman–Crippen LogP) is 4.53. The molecule has 0 atom stereocenters. The number of benzene rings is 2. The maximum atomic E-state index is 12.5. The van der Waals surface area contributed by atoms with E-state index in [9.17, 15) is 4.79 Å². The largest absolute Gasteiger partial charge is 0.495 e. The first-order valence-electron chi connectivity index (χ1n) is 8.56. The van der Waals surface area contributed by atoms with E-state index in [1.807, 2.05) is 6.92 Å². The molecule has 1 amide bonds. The summed E-state index contributed by atoms with van der Waals surface area (Å²) in [6, 6.07) is 13.8. The van der Waals surface area contributed by atoms with Crippen molar-refractivity contribution in [3.63, 3.8) is 0 Å². The van der Waals surface area contributed by atoms with E-state index in [0.717, 1.165) is 5.75 Å². The van der Waals surface area contributed by atoms with E-state index in [2.05, 4.69) is 20.6 Å². The first kappa shape index (κ1) is 19.4. The number of anilines is 3. The molecule has 0 radical (unpaired) electrons. The smallest absolute Gasteiger partial charge is 0.274 e. The van der Waals surface area contributed by atoms with E-state index < -0.39 is 0 Å². The normalized spacial score (nSPS) is 10.2. The van der Waals surface area contributed by atoms with Crippen molar-refractivity contribution >= 4 is 34.7 Å². The summed E-state index contributed by atoms with van der Waals surface area (Å²) in [5.41, 5.74) is 1.48. The Morgan fingerprint density at radius 3 is 2.61 bits per heavy atom. The van der Waals surface area contributed by atoms with Gasteiger partial charge >= 0.3 is 0 Å². The summed E-state index contributed by atoms with van der Waals surface area (Å²) >= 11 is 6.04. The number of carbonyl (C=O) groups is 1. The Morgan fingerprint density at radius 1 is 1.11 bits per heavy atom. The van der Waals surface area contributed by atoms with Gasteiger partial charge in [0.1, 0.15) is 29.3 Å². The highest BCUT2D eigenvalue weighted by Crippen LogP contribution is 2.30. The first-order chi connectivity index (χ1) is 13.6. The van der Waals surface area contributed by atoms with Crippen LogP contribution in [0.4, 0.5) is 17.2 Å². The molecule has 0 aliphatic carbocycles. The molecule has 2 aromatic carbocycles. The van der Waals surface area contributed by atoms with Gasteiger partial charge in [-0.2, -0.15) is 0 Å². The maximum Gasteiger partial charge on any atom is 0.274 e. The Kier molecular flexibility index (Phi) is 6.29. The van der Waals surface area contributed by atoms with Gasteiger partial charge in [-0.15, -0.1) is 0 Å². The van der Waals surface area contributed by atoms with Crippen molar-refractivity contribution in [2.45, 2.75) is 6.92 Å². The van der Waals surface area contributed by atoms with Crippen molar-refractivity contribution < 1.29 is 14.3 Å². The molecule has 144 valence electrons. The van der Waals surface area contributed by atoms with Crippen LogP contribution < -0.4 is 20.1 Å². The second-order valence-corrected chi connectivity index (χ2v) is 6.11.